The van der Waals surface area contributed by atoms with Crippen molar-refractivity contribution >= 4 is 11.9 Å². The van der Waals surface area contributed by atoms with Crippen LogP contribution in [0.2, 0.25) is 0 Å². The third kappa shape index (κ3) is 1.83. The summed E-state index contributed by atoms with van der Waals surface area (Å²) in [6.07, 6.45) is 0. The minimum Gasteiger partial charge on any atom is -0.464 e. The third-order valence-electron chi connectivity index (χ3n) is 1.74. The van der Waals surface area contributed by atoms with Crippen LogP contribution < -0.4 is 5.32 Å². The number of alkyl halides is 2. The number of amides is 1. The second-order valence-corrected chi connectivity index (χ2v) is 3.55. The molecule has 1 amide bonds. The number of carbonyl (C=O) groups excluding carboxylic acids is 2. The van der Waals surface area contributed by atoms with Crippen molar-refractivity contribution in [2.45, 2.75) is 25.8 Å². The molecule has 4 nitrogen and oxygen atoms in total. The molecule has 1 aliphatic heterocycles. The van der Waals surface area contributed by atoms with Crippen molar-refractivity contribution < 1.29 is 23.1 Å². The molecular formula is C8H11F2NO3. The van der Waals surface area contributed by atoms with Crippen LogP contribution in [0.15, 0.2) is 0 Å². The predicted octanol–water partition coefficient (Wildman–Crippen LogP) is 0.319. The molecule has 0 aromatic heterocycles. The zero-order valence-electron chi connectivity index (χ0n) is 7.84. The summed E-state index contributed by atoms with van der Waals surface area (Å²) in [5, 5.41) is 1.79. The van der Waals surface area contributed by atoms with Crippen molar-refractivity contribution in [1.29, 1.82) is 0 Å². The number of hydrogen-bond acceptors (Lipinski definition) is 3. The van der Waals surface area contributed by atoms with Gasteiger partial charge in [-0.05, 0) is 5.92 Å². The predicted molar refractivity (Wildman–Crippen MR) is 42.7 cm³/mol. The Balaban J connectivity index is 2.44. The molecule has 0 bridgehead atoms. The number of esters is 1. The van der Waals surface area contributed by atoms with Gasteiger partial charge in [0.25, 0.3) is 5.91 Å². The zero-order valence-corrected chi connectivity index (χ0v) is 7.84. The monoisotopic (exact) mass is 207 g/mol. The lowest BCUT2D eigenvalue weighted by atomic mass is 10.0. The van der Waals surface area contributed by atoms with Crippen molar-refractivity contribution in [1.82, 2.24) is 5.32 Å². The molecule has 0 aromatic carbocycles. The normalized spacial score (nSPS) is 24.1. The number of β-lactam (4-membered cyclic amide) rings is 1. The molecule has 0 aromatic rings. The summed E-state index contributed by atoms with van der Waals surface area (Å²) in [7, 11) is 0. The molecule has 0 spiro atoms. The fourth-order valence-corrected chi connectivity index (χ4v) is 0.910. The van der Waals surface area contributed by atoms with E-state index >= 15 is 0 Å². The van der Waals surface area contributed by atoms with Crippen molar-refractivity contribution in [2.24, 2.45) is 5.92 Å². The molecule has 1 saturated heterocycles. The molecule has 1 fully saturated rings. The molecular weight excluding hydrogens is 196 g/mol. The van der Waals surface area contributed by atoms with Crippen LogP contribution in [0.5, 0.6) is 0 Å². The van der Waals surface area contributed by atoms with Crippen molar-refractivity contribution in [2.75, 3.05) is 6.61 Å². The van der Waals surface area contributed by atoms with Gasteiger partial charge in [-0.2, -0.15) is 8.78 Å². The van der Waals surface area contributed by atoms with Crippen LogP contribution >= 0.6 is 0 Å². The molecule has 0 unspecified atom stereocenters. The van der Waals surface area contributed by atoms with Crippen LogP contribution in [0.1, 0.15) is 13.8 Å². The number of halogens is 2. The van der Waals surface area contributed by atoms with E-state index in [2.05, 4.69) is 4.74 Å². The van der Waals surface area contributed by atoms with Crippen LogP contribution in [-0.4, -0.2) is 30.4 Å². The molecule has 1 heterocycles. The Hall–Kier alpha value is -1.20. The van der Waals surface area contributed by atoms with E-state index in [0.717, 1.165) is 0 Å². The molecule has 0 saturated carbocycles. The second kappa shape index (κ2) is 3.51. The van der Waals surface area contributed by atoms with Crippen molar-refractivity contribution in [3.8, 4) is 0 Å². The quantitative estimate of drug-likeness (QED) is 0.535. The summed E-state index contributed by atoms with van der Waals surface area (Å²) in [5.41, 5.74) is 0. The Kier molecular flexibility index (Phi) is 2.73. The van der Waals surface area contributed by atoms with Gasteiger partial charge < -0.3 is 10.1 Å². The Morgan fingerprint density at radius 3 is 2.57 bits per heavy atom. The highest BCUT2D eigenvalue weighted by Crippen LogP contribution is 2.28. The smallest absolute Gasteiger partial charge is 0.354 e. The van der Waals surface area contributed by atoms with Crippen LogP contribution in [0, 0.1) is 5.92 Å². The molecule has 1 N–H and O–H groups in total. The number of nitrogens with one attached hydrogen (secondary N) is 1. The minimum atomic E-state index is -3.62. The molecule has 0 aliphatic carbocycles. The van der Waals surface area contributed by atoms with E-state index in [1.54, 1.807) is 19.2 Å². The number of carbonyl (C=O) groups is 2. The lowest BCUT2D eigenvalue weighted by molar-refractivity contribution is -0.185. The van der Waals surface area contributed by atoms with Gasteiger partial charge in [-0.1, -0.05) is 13.8 Å². The first-order valence-electron chi connectivity index (χ1n) is 4.21. The number of ether oxygens (including phenoxy) is 1. The Morgan fingerprint density at radius 2 is 2.21 bits per heavy atom. The molecule has 1 rings (SSSR count). The Bertz CT molecular complexity index is 265. The largest absolute Gasteiger partial charge is 0.464 e. The second-order valence-electron chi connectivity index (χ2n) is 3.55. The highest BCUT2D eigenvalue weighted by molar-refractivity contribution is 6.01. The molecule has 80 valence electrons. The van der Waals surface area contributed by atoms with Gasteiger partial charge in [-0.15, -0.1) is 0 Å². The summed E-state index contributed by atoms with van der Waals surface area (Å²) < 4.78 is 29.9. The van der Waals surface area contributed by atoms with Crippen LogP contribution in [0.25, 0.3) is 0 Å². The van der Waals surface area contributed by atoms with Gasteiger partial charge in [-0.3, -0.25) is 4.79 Å². The lowest BCUT2D eigenvalue weighted by Crippen LogP contribution is -2.71. The van der Waals surface area contributed by atoms with E-state index in [1.807, 2.05) is 0 Å². The van der Waals surface area contributed by atoms with Crippen LogP contribution in [-0.2, 0) is 14.3 Å². The van der Waals surface area contributed by atoms with Gasteiger partial charge in [0.05, 0.1) is 6.61 Å². The van der Waals surface area contributed by atoms with Gasteiger partial charge >= 0.3 is 11.9 Å². The topological polar surface area (TPSA) is 55.4 Å². The summed E-state index contributed by atoms with van der Waals surface area (Å²) >= 11 is 0. The standard InChI is InChI=1S/C8H11F2NO3/c1-4(2)3-14-6(12)5-8(9,10)7(13)11-5/h4-5H,3H2,1-2H3,(H,11,13)/t5-/m0/s1. The summed E-state index contributed by atoms with van der Waals surface area (Å²) in [6.45, 7) is 3.64. The van der Waals surface area contributed by atoms with Gasteiger partial charge in [-0.25, -0.2) is 4.79 Å². The summed E-state index contributed by atoms with van der Waals surface area (Å²) in [5.74, 6) is -6.05. The van der Waals surface area contributed by atoms with Gasteiger partial charge in [0.2, 0.25) is 6.04 Å². The van der Waals surface area contributed by atoms with Crippen LogP contribution in [0.4, 0.5) is 8.78 Å². The van der Waals surface area contributed by atoms with E-state index in [0.29, 0.717) is 0 Å². The van der Waals surface area contributed by atoms with Gasteiger partial charge in [0, 0.05) is 0 Å². The molecule has 6 heteroatoms. The number of rotatable bonds is 3. The molecule has 14 heavy (non-hydrogen) atoms. The van der Waals surface area contributed by atoms with Gasteiger partial charge in [0.15, 0.2) is 0 Å². The molecule has 1 atom stereocenters. The van der Waals surface area contributed by atoms with Gasteiger partial charge in [0.1, 0.15) is 0 Å². The van der Waals surface area contributed by atoms with E-state index in [4.69, 9.17) is 0 Å². The first-order chi connectivity index (χ1) is 6.35. The minimum absolute atomic E-state index is 0.0707. The fourth-order valence-electron chi connectivity index (χ4n) is 0.910. The first kappa shape index (κ1) is 10.9. The summed E-state index contributed by atoms with van der Waals surface area (Å²) in [4.78, 5) is 21.3. The van der Waals surface area contributed by atoms with Crippen LogP contribution in [0.3, 0.4) is 0 Å². The lowest BCUT2D eigenvalue weighted by Gasteiger charge is -2.33. The fraction of sp³-hybridized carbons (Fsp3) is 0.750. The first-order valence-corrected chi connectivity index (χ1v) is 4.21. The van der Waals surface area contributed by atoms with Crippen molar-refractivity contribution in [3.63, 3.8) is 0 Å². The van der Waals surface area contributed by atoms with E-state index in [9.17, 15) is 18.4 Å². The van der Waals surface area contributed by atoms with E-state index in [1.165, 1.54) is 0 Å². The Labute approximate surface area is 79.6 Å². The third-order valence-corrected chi connectivity index (χ3v) is 1.74. The summed E-state index contributed by atoms with van der Waals surface area (Å²) in [6, 6.07) is -1.81. The highest BCUT2D eigenvalue weighted by Gasteiger charge is 2.62. The molecule has 0 radical (unpaired) electrons. The number of hydrogen-bond donors (Lipinski definition) is 1. The zero-order chi connectivity index (χ0) is 10.9. The maximum Gasteiger partial charge on any atom is 0.354 e. The maximum absolute atomic E-state index is 12.7. The molecule has 1 aliphatic rings. The van der Waals surface area contributed by atoms with Crippen molar-refractivity contribution in [3.05, 3.63) is 0 Å². The average molecular weight is 207 g/mol. The SMILES string of the molecule is CC(C)COC(=O)[C@@H]1NC(=O)C1(F)F. The maximum atomic E-state index is 12.7. The Morgan fingerprint density at radius 1 is 1.64 bits per heavy atom. The average Bonchev–Trinajstić information content (AvgIpc) is 2.10. The highest BCUT2D eigenvalue weighted by atomic mass is 19.3. The van der Waals surface area contributed by atoms with E-state index in [-0.39, 0.29) is 12.5 Å². The van der Waals surface area contributed by atoms with E-state index < -0.39 is 23.8 Å².